The fourth-order valence-corrected chi connectivity index (χ4v) is 2.71. The number of hydrogen-bond acceptors (Lipinski definition) is 3. The summed E-state index contributed by atoms with van der Waals surface area (Å²) in [6, 6.07) is 2.94. The lowest BCUT2D eigenvalue weighted by molar-refractivity contribution is 0.0715. The summed E-state index contributed by atoms with van der Waals surface area (Å²) in [4.78, 5) is 17.4. The third-order valence-corrected chi connectivity index (χ3v) is 3.79. The highest BCUT2D eigenvalue weighted by Gasteiger charge is 2.24. The van der Waals surface area contributed by atoms with E-state index in [4.69, 9.17) is 0 Å². The second-order valence-corrected chi connectivity index (χ2v) is 4.94. The van der Waals surface area contributed by atoms with Gasteiger partial charge in [-0.05, 0) is 19.1 Å². The Morgan fingerprint density at radius 1 is 1.62 bits per heavy atom. The number of thioether (sulfide) groups is 1. The molecule has 0 aliphatic carbocycles. The Hall–Kier alpha value is -1.10. The molecule has 2 heterocycles. The summed E-state index contributed by atoms with van der Waals surface area (Å²) in [7, 11) is 0. The summed E-state index contributed by atoms with van der Waals surface area (Å²) in [5, 5.41) is 0. The molecule has 1 amide bonds. The molecule has 1 fully saturated rings. The van der Waals surface area contributed by atoms with Crippen LogP contribution in [0, 0.1) is 5.95 Å². The minimum absolute atomic E-state index is 0.0553. The van der Waals surface area contributed by atoms with Gasteiger partial charge in [-0.2, -0.15) is 16.2 Å². The molecule has 0 spiro atoms. The van der Waals surface area contributed by atoms with E-state index in [2.05, 4.69) is 4.98 Å². The molecule has 1 saturated heterocycles. The van der Waals surface area contributed by atoms with E-state index in [9.17, 15) is 9.18 Å². The molecular formula is C11H13FN2OS. The van der Waals surface area contributed by atoms with Gasteiger partial charge in [0.05, 0.1) is 5.56 Å². The summed E-state index contributed by atoms with van der Waals surface area (Å²) in [5.41, 5.74) is 0.458. The van der Waals surface area contributed by atoms with E-state index in [1.165, 1.54) is 18.3 Å². The van der Waals surface area contributed by atoms with Crippen LogP contribution in [0.2, 0.25) is 0 Å². The highest BCUT2D eigenvalue weighted by Crippen LogP contribution is 2.18. The summed E-state index contributed by atoms with van der Waals surface area (Å²) in [6.45, 7) is 2.78. The molecule has 16 heavy (non-hydrogen) atoms. The molecule has 86 valence electrons. The van der Waals surface area contributed by atoms with Crippen LogP contribution >= 0.6 is 11.8 Å². The molecule has 1 aromatic rings. The monoisotopic (exact) mass is 240 g/mol. The standard InChI is InChI=1S/C11H13FN2OS/c1-8-7-16-5-4-14(8)11(15)9-2-3-10(12)13-6-9/h2-3,6,8H,4-5,7H2,1H3. The predicted molar refractivity (Wildman–Crippen MR) is 62.0 cm³/mol. The van der Waals surface area contributed by atoms with Gasteiger partial charge in [0.1, 0.15) is 0 Å². The zero-order valence-electron chi connectivity index (χ0n) is 9.02. The van der Waals surface area contributed by atoms with Gasteiger partial charge in [0.15, 0.2) is 0 Å². The largest absolute Gasteiger partial charge is 0.334 e. The summed E-state index contributed by atoms with van der Waals surface area (Å²) < 4.78 is 12.6. The van der Waals surface area contributed by atoms with E-state index < -0.39 is 5.95 Å². The van der Waals surface area contributed by atoms with Crippen LogP contribution in [0.4, 0.5) is 4.39 Å². The van der Waals surface area contributed by atoms with Gasteiger partial charge in [-0.3, -0.25) is 4.79 Å². The van der Waals surface area contributed by atoms with Crippen molar-refractivity contribution in [2.75, 3.05) is 18.1 Å². The van der Waals surface area contributed by atoms with E-state index in [1.807, 2.05) is 23.6 Å². The summed E-state index contributed by atoms with van der Waals surface area (Å²) in [5.74, 6) is 1.31. The number of carbonyl (C=O) groups excluding carboxylic acids is 1. The molecule has 1 aliphatic rings. The van der Waals surface area contributed by atoms with Crippen LogP contribution in [0.15, 0.2) is 18.3 Å². The number of hydrogen-bond donors (Lipinski definition) is 0. The van der Waals surface area contributed by atoms with Crippen LogP contribution in [-0.4, -0.2) is 39.9 Å². The van der Waals surface area contributed by atoms with Crippen molar-refractivity contribution in [2.45, 2.75) is 13.0 Å². The van der Waals surface area contributed by atoms with E-state index in [0.29, 0.717) is 5.56 Å². The minimum Gasteiger partial charge on any atom is -0.334 e. The Balaban J connectivity index is 2.14. The normalized spacial score (nSPS) is 20.9. The first kappa shape index (κ1) is 11.4. The van der Waals surface area contributed by atoms with Gasteiger partial charge in [-0.1, -0.05) is 0 Å². The first-order chi connectivity index (χ1) is 7.68. The van der Waals surface area contributed by atoms with Crippen LogP contribution in [-0.2, 0) is 0 Å². The SMILES string of the molecule is CC1CSCCN1C(=O)c1ccc(F)nc1. The number of amides is 1. The molecular weight excluding hydrogens is 227 g/mol. The Kier molecular flexibility index (Phi) is 3.43. The molecule has 0 saturated carbocycles. The second-order valence-electron chi connectivity index (χ2n) is 3.79. The van der Waals surface area contributed by atoms with Gasteiger partial charge in [0.2, 0.25) is 5.95 Å². The molecule has 1 aliphatic heterocycles. The summed E-state index contributed by atoms with van der Waals surface area (Å²) >= 11 is 1.85. The maximum atomic E-state index is 12.6. The molecule has 3 nitrogen and oxygen atoms in total. The van der Waals surface area contributed by atoms with Crippen molar-refractivity contribution in [1.82, 2.24) is 9.88 Å². The predicted octanol–water partition coefficient (Wildman–Crippen LogP) is 1.80. The average Bonchev–Trinajstić information content (AvgIpc) is 2.30. The van der Waals surface area contributed by atoms with Gasteiger partial charge < -0.3 is 4.90 Å². The van der Waals surface area contributed by atoms with E-state index >= 15 is 0 Å². The number of halogens is 1. The Labute approximate surface area is 98.0 Å². The Morgan fingerprint density at radius 2 is 2.44 bits per heavy atom. The van der Waals surface area contributed by atoms with Crippen LogP contribution in [0.1, 0.15) is 17.3 Å². The van der Waals surface area contributed by atoms with E-state index in [-0.39, 0.29) is 11.9 Å². The Bertz CT molecular complexity index is 382. The third kappa shape index (κ3) is 2.35. The first-order valence-electron chi connectivity index (χ1n) is 5.19. The van der Waals surface area contributed by atoms with Crippen molar-refractivity contribution in [1.29, 1.82) is 0 Å². The van der Waals surface area contributed by atoms with Crippen molar-refractivity contribution in [3.63, 3.8) is 0 Å². The van der Waals surface area contributed by atoms with Gasteiger partial charge in [-0.25, -0.2) is 4.98 Å². The van der Waals surface area contributed by atoms with Crippen LogP contribution < -0.4 is 0 Å². The number of rotatable bonds is 1. The lowest BCUT2D eigenvalue weighted by Gasteiger charge is -2.33. The van der Waals surface area contributed by atoms with Crippen molar-refractivity contribution in [3.05, 3.63) is 29.8 Å². The zero-order chi connectivity index (χ0) is 11.5. The highest BCUT2D eigenvalue weighted by molar-refractivity contribution is 7.99. The second kappa shape index (κ2) is 4.82. The topological polar surface area (TPSA) is 33.2 Å². The molecule has 0 aromatic carbocycles. The molecule has 1 aromatic heterocycles. The number of aromatic nitrogens is 1. The summed E-state index contributed by atoms with van der Waals surface area (Å²) in [6.07, 6.45) is 1.30. The van der Waals surface area contributed by atoms with Crippen molar-refractivity contribution >= 4 is 17.7 Å². The Morgan fingerprint density at radius 3 is 3.06 bits per heavy atom. The van der Waals surface area contributed by atoms with Gasteiger partial charge >= 0.3 is 0 Å². The van der Waals surface area contributed by atoms with Crippen LogP contribution in [0.3, 0.4) is 0 Å². The van der Waals surface area contributed by atoms with Crippen molar-refractivity contribution < 1.29 is 9.18 Å². The quantitative estimate of drug-likeness (QED) is 0.702. The average molecular weight is 240 g/mol. The molecule has 5 heteroatoms. The van der Waals surface area contributed by atoms with Gasteiger partial charge in [-0.15, -0.1) is 0 Å². The van der Waals surface area contributed by atoms with Crippen LogP contribution in [0.5, 0.6) is 0 Å². The molecule has 1 unspecified atom stereocenters. The fraction of sp³-hybridized carbons (Fsp3) is 0.455. The zero-order valence-corrected chi connectivity index (χ0v) is 9.84. The van der Waals surface area contributed by atoms with Crippen LogP contribution in [0.25, 0.3) is 0 Å². The van der Waals surface area contributed by atoms with Gasteiger partial charge in [0, 0.05) is 30.3 Å². The van der Waals surface area contributed by atoms with E-state index in [1.54, 1.807) is 0 Å². The van der Waals surface area contributed by atoms with Gasteiger partial charge in [0.25, 0.3) is 5.91 Å². The third-order valence-electron chi connectivity index (χ3n) is 2.60. The maximum Gasteiger partial charge on any atom is 0.255 e. The number of carbonyl (C=O) groups is 1. The van der Waals surface area contributed by atoms with E-state index in [0.717, 1.165) is 18.1 Å². The van der Waals surface area contributed by atoms with Crippen molar-refractivity contribution in [3.8, 4) is 0 Å². The smallest absolute Gasteiger partial charge is 0.255 e. The lowest BCUT2D eigenvalue weighted by atomic mass is 10.2. The first-order valence-corrected chi connectivity index (χ1v) is 6.34. The molecule has 0 N–H and O–H groups in total. The fourth-order valence-electron chi connectivity index (χ4n) is 1.70. The number of pyridine rings is 1. The highest BCUT2D eigenvalue weighted by atomic mass is 32.2. The molecule has 0 radical (unpaired) electrons. The number of nitrogens with zero attached hydrogens (tertiary/aromatic N) is 2. The van der Waals surface area contributed by atoms with Crippen molar-refractivity contribution in [2.24, 2.45) is 0 Å². The maximum absolute atomic E-state index is 12.6. The molecule has 2 rings (SSSR count). The minimum atomic E-state index is -0.557. The molecule has 1 atom stereocenters. The molecule has 0 bridgehead atoms. The lowest BCUT2D eigenvalue weighted by Crippen LogP contribution is -2.44.